The number of carboxylic acid groups (broad SMARTS) is 1. The van der Waals surface area contributed by atoms with E-state index in [1.54, 1.807) is 24.3 Å². The number of aliphatic carboxylic acids is 1. The fourth-order valence-corrected chi connectivity index (χ4v) is 4.00. The molecule has 1 unspecified atom stereocenters. The number of hydrogen-bond donors (Lipinski definition) is 4. The van der Waals surface area contributed by atoms with Crippen molar-refractivity contribution in [3.05, 3.63) is 89.5 Å². The molecule has 1 aliphatic rings. The van der Waals surface area contributed by atoms with Crippen LogP contribution in [0.25, 0.3) is 11.1 Å². The highest BCUT2D eigenvalue weighted by molar-refractivity contribution is 5.85. The number of nitrogens with one attached hydrogen (secondary N) is 2. The number of aliphatic hydroxyl groups excluding tert-OH is 1. The third-order valence-corrected chi connectivity index (χ3v) is 5.69. The van der Waals surface area contributed by atoms with Crippen molar-refractivity contribution < 1.29 is 29.3 Å². The number of rotatable bonds is 8. The van der Waals surface area contributed by atoms with E-state index < -0.39 is 24.1 Å². The van der Waals surface area contributed by atoms with E-state index in [-0.39, 0.29) is 25.5 Å². The van der Waals surface area contributed by atoms with Crippen molar-refractivity contribution in [1.29, 1.82) is 0 Å². The molecule has 0 spiro atoms. The highest BCUT2D eigenvalue weighted by Gasteiger charge is 2.29. The fraction of sp³-hybridized carbons (Fsp3) is 0.192. The largest absolute Gasteiger partial charge is 0.479 e. The van der Waals surface area contributed by atoms with Gasteiger partial charge in [-0.05, 0) is 39.9 Å². The first kappa shape index (κ1) is 23.0. The minimum atomic E-state index is -1.65. The Kier molecular flexibility index (Phi) is 6.89. The van der Waals surface area contributed by atoms with Crippen LogP contribution in [0.3, 0.4) is 0 Å². The van der Waals surface area contributed by atoms with Gasteiger partial charge in [0.15, 0.2) is 6.10 Å². The van der Waals surface area contributed by atoms with Crippen LogP contribution in [0.1, 0.15) is 22.6 Å². The molecule has 4 rings (SSSR count). The summed E-state index contributed by atoms with van der Waals surface area (Å²) >= 11 is 0. The van der Waals surface area contributed by atoms with Crippen molar-refractivity contribution >= 4 is 23.7 Å². The Labute approximate surface area is 196 Å². The van der Waals surface area contributed by atoms with Gasteiger partial charge in [0, 0.05) is 11.6 Å². The summed E-state index contributed by atoms with van der Waals surface area (Å²) in [4.78, 5) is 34.9. The molecular formula is C26H24N2O6. The number of carbonyl (C=O) groups excluding carboxylic acids is 2. The van der Waals surface area contributed by atoms with Crippen molar-refractivity contribution in [2.75, 3.05) is 18.5 Å². The van der Waals surface area contributed by atoms with Crippen LogP contribution in [-0.2, 0) is 20.7 Å². The van der Waals surface area contributed by atoms with Crippen LogP contribution in [-0.4, -0.2) is 47.4 Å². The molecule has 1 atom stereocenters. The number of carbonyl (C=O) groups is 3. The van der Waals surface area contributed by atoms with Gasteiger partial charge in [-0.1, -0.05) is 60.7 Å². The first-order valence-corrected chi connectivity index (χ1v) is 10.8. The molecule has 0 saturated heterocycles. The minimum absolute atomic E-state index is 0.0115. The number of fused-ring (bicyclic) bond motifs is 3. The van der Waals surface area contributed by atoms with E-state index in [1.807, 2.05) is 24.3 Å². The monoisotopic (exact) mass is 460 g/mol. The van der Waals surface area contributed by atoms with Gasteiger partial charge in [-0.25, -0.2) is 9.59 Å². The van der Waals surface area contributed by atoms with Crippen LogP contribution >= 0.6 is 0 Å². The van der Waals surface area contributed by atoms with Gasteiger partial charge in [-0.2, -0.15) is 0 Å². The second-order valence-electron chi connectivity index (χ2n) is 7.98. The van der Waals surface area contributed by atoms with Crippen molar-refractivity contribution in [3.63, 3.8) is 0 Å². The fourth-order valence-electron chi connectivity index (χ4n) is 4.00. The molecule has 8 heteroatoms. The SMILES string of the molecule is O=C(Cc1ccc(NC(=O)OCC2c3ccccc3-c3ccccc32)cc1)NCC(O)C(=O)O. The molecular weight excluding hydrogens is 436 g/mol. The Morgan fingerprint density at radius 2 is 1.47 bits per heavy atom. The summed E-state index contributed by atoms with van der Waals surface area (Å²) < 4.78 is 5.53. The Hall–Kier alpha value is -4.17. The van der Waals surface area contributed by atoms with E-state index >= 15 is 0 Å². The summed E-state index contributed by atoms with van der Waals surface area (Å²) in [6, 6.07) is 22.9. The number of benzene rings is 3. The minimum Gasteiger partial charge on any atom is -0.479 e. The standard InChI is InChI=1S/C26H24N2O6/c29-23(25(31)32)14-27-24(30)13-16-9-11-17(12-10-16)28-26(33)34-15-22-20-7-3-1-5-18(20)19-6-2-4-8-21(19)22/h1-12,22-23,29H,13-15H2,(H,27,30)(H,28,33)(H,31,32). The van der Waals surface area contributed by atoms with E-state index in [1.165, 1.54) is 0 Å². The van der Waals surface area contributed by atoms with Gasteiger partial charge in [-0.15, -0.1) is 0 Å². The number of ether oxygens (including phenoxy) is 1. The number of anilines is 1. The second kappa shape index (κ2) is 10.2. The molecule has 0 aromatic heterocycles. The van der Waals surface area contributed by atoms with E-state index in [2.05, 4.69) is 34.9 Å². The molecule has 0 saturated carbocycles. The molecule has 3 aromatic carbocycles. The quantitative estimate of drug-likeness (QED) is 0.409. The molecule has 0 heterocycles. The van der Waals surface area contributed by atoms with Gasteiger partial charge in [0.05, 0.1) is 13.0 Å². The van der Waals surface area contributed by atoms with Crippen molar-refractivity contribution in [2.24, 2.45) is 0 Å². The van der Waals surface area contributed by atoms with Crippen molar-refractivity contribution in [1.82, 2.24) is 5.32 Å². The average molecular weight is 460 g/mol. The summed E-state index contributed by atoms with van der Waals surface area (Å²) in [5.41, 5.74) is 5.77. The van der Waals surface area contributed by atoms with Crippen LogP contribution in [0.4, 0.5) is 10.5 Å². The van der Waals surface area contributed by atoms with Crippen LogP contribution in [0, 0.1) is 0 Å². The van der Waals surface area contributed by atoms with E-state index in [0.29, 0.717) is 11.3 Å². The van der Waals surface area contributed by atoms with Crippen molar-refractivity contribution in [3.8, 4) is 11.1 Å². The van der Waals surface area contributed by atoms with Crippen LogP contribution in [0.2, 0.25) is 0 Å². The van der Waals surface area contributed by atoms with Gasteiger partial charge >= 0.3 is 12.1 Å². The summed E-state index contributed by atoms with van der Waals surface area (Å²) in [5.74, 6) is -1.85. The first-order chi connectivity index (χ1) is 16.4. The zero-order chi connectivity index (χ0) is 24.1. The molecule has 3 aromatic rings. The van der Waals surface area contributed by atoms with E-state index in [4.69, 9.17) is 9.84 Å². The number of carboxylic acids is 1. The molecule has 1 aliphatic carbocycles. The molecule has 4 N–H and O–H groups in total. The summed E-state index contributed by atoms with van der Waals surface area (Å²) in [6.45, 7) is -0.157. The lowest BCUT2D eigenvalue weighted by atomic mass is 9.98. The second-order valence-corrected chi connectivity index (χ2v) is 7.98. The Morgan fingerprint density at radius 3 is 2.06 bits per heavy atom. The number of hydrogen-bond acceptors (Lipinski definition) is 5. The van der Waals surface area contributed by atoms with Crippen molar-refractivity contribution in [2.45, 2.75) is 18.4 Å². The normalized spacial score (nSPS) is 12.9. The Morgan fingerprint density at radius 1 is 0.882 bits per heavy atom. The maximum Gasteiger partial charge on any atom is 0.411 e. The third kappa shape index (κ3) is 5.24. The van der Waals surface area contributed by atoms with Gasteiger partial charge < -0.3 is 20.3 Å². The lowest BCUT2D eigenvalue weighted by molar-refractivity contribution is -0.146. The predicted octanol–water partition coefficient (Wildman–Crippen LogP) is 3.15. The smallest absolute Gasteiger partial charge is 0.411 e. The van der Waals surface area contributed by atoms with E-state index in [0.717, 1.165) is 22.3 Å². The predicted molar refractivity (Wildman–Crippen MR) is 125 cm³/mol. The average Bonchev–Trinajstić information content (AvgIpc) is 3.16. The molecule has 0 radical (unpaired) electrons. The lowest BCUT2D eigenvalue weighted by Crippen LogP contribution is -2.37. The summed E-state index contributed by atoms with van der Waals surface area (Å²) in [6.07, 6.45) is -2.21. The van der Waals surface area contributed by atoms with Gasteiger partial charge in [0.1, 0.15) is 6.61 Å². The molecule has 0 fully saturated rings. The molecule has 0 aliphatic heterocycles. The molecule has 174 valence electrons. The molecule has 34 heavy (non-hydrogen) atoms. The number of amides is 2. The zero-order valence-corrected chi connectivity index (χ0v) is 18.2. The van der Waals surface area contributed by atoms with Gasteiger partial charge in [0.25, 0.3) is 0 Å². The number of aliphatic hydroxyl groups is 1. The highest BCUT2D eigenvalue weighted by Crippen LogP contribution is 2.44. The maximum atomic E-state index is 12.4. The molecule has 2 amide bonds. The Bertz CT molecular complexity index is 1160. The van der Waals surface area contributed by atoms with Gasteiger partial charge in [0.2, 0.25) is 5.91 Å². The van der Waals surface area contributed by atoms with Gasteiger partial charge in [-0.3, -0.25) is 10.1 Å². The zero-order valence-electron chi connectivity index (χ0n) is 18.2. The molecule has 8 nitrogen and oxygen atoms in total. The maximum absolute atomic E-state index is 12.4. The van der Waals surface area contributed by atoms with Crippen LogP contribution < -0.4 is 10.6 Å². The topological polar surface area (TPSA) is 125 Å². The lowest BCUT2D eigenvalue weighted by Gasteiger charge is -2.14. The van der Waals surface area contributed by atoms with Crippen LogP contribution in [0.5, 0.6) is 0 Å². The first-order valence-electron chi connectivity index (χ1n) is 10.8. The summed E-state index contributed by atoms with van der Waals surface area (Å²) in [5, 5.41) is 22.9. The van der Waals surface area contributed by atoms with Crippen LogP contribution in [0.15, 0.2) is 72.8 Å². The Balaban J connectivity index is 1.29. The van der Waals surface area contributed by atoms with E-state index in [9.17, 15) is 19.5 Å². The molecule has 0 bridgehead atoms. The highest BCUT2D eigenvalue weighted by atomic mass is 16.5. The third-order valence-electron chi connectivity index (χ3n) is 5.69. The summed E-state index contributed by atoms with van der Waals surface area (Å²) in [7, 11) is 0.